The second kappa shape index (κ2) is 22.4. The summed E-state index contributed by atoms with van der Waals surface area (Å²) in [5.41, 5.74) is 5.54. The van der Waals surface area contributed by atoms with E-state index in [9.17, 15) is 10.2 Å². The van der Waals surface area contributed by atoms with Gasteiger partial charge in [0.15, 0.2) is 0 Å². The molecule has 0 saturated heterocycles. The van der Waals surface area contributed by atoms with Crippen molar-refractivity contribution in [2.75, 3.05) is 0 Å². The van der Waals surface area contributed by atoms with Crippen molar-refractivity contribution >= 4 is 47.3 Å². The number of nitrogens with zero attached hydrogens (tertiary/aromatic N) is 3. The molecule has 0 N–H and O–H groups in total. The number of thioether (sulfide) groups is 2. The van der Waals surface area contributed by atoms with E-state index in [-0.39, 0.29) is 28.3 Å². The Balaban J connectivity index is 0.000000245. The van der Waals surface area contributed by atoms with Gasteiger partial charge in [0.05, 0.1) is 16.5 Å². The summed E-state index contributed by atoms with van der Waals surface area (Å²) < 4.78 is 0. The Hall–Kier alpha value is -5.33. The van der Waals surface area contributed by atoms with Gasteiger partial charge >= 0.3 is 16.8 Å². The summed E-state index contributed by atoms with van der Waals surface area (Å²) in [5, 5.41) is 38.2. The summed E-state index contributed by atoms with van der Waals surface area (Å²) in [6, 6.07) is 50.5. The van der Waals surface area contributed by atoms with Crippen LogP contribution in [0, 0.1) is 15.3 Å². The Kier molecular flexibility index (Phi) is 17.6. The largest absolute Gasteiger partial charge is 3.00 e. The van der Waals surface area contributed by atoms with Crippen molar-refractivity contribution in [1.29, 1.82) is 0 Å². The van der Waals surface area contributed by atoms with Crippen LogP contribution < -0.4 is 10.2 Å². The van der Waals surface area contributed by atoms with Gasteiger partial charge in [-0.3, -0.25) is 9.98 Å². The topological polar surface area (TPSA) is 137 Å². The van der Waals surface area contributed by atoms with Crippen molar-refractivity contribution in [2.45, 2.75) is 21.3 Å². The zero-order valence-electron chi connectivity index (χ0n) is 27.1. The van der Waals surface area contributed by atoms with E-state index in [0.29, 0.717) is 11.1 Å². The molecule has 258 valence electrons. The van der Waals surface area contributed by atoms with Crippen molar-refractivity contribution in [2.24, 2.45) is 9.98 Å². The summed E-state index contributed by atoms with van der Waals surface area (Å²) in [6.45, 7) is 0. The second-order valence-electron chi connectivity index (χ2n) is 10.3. The van der Waals surface area contributed by atoms with E-state index in [1.807, 2.05) is 84.9 Å². The van der Waals surface area contributed by atoms with Gasteiger partial charge < -0.3 is 25.5 Å². The molecule has 0 aromatic heterocycles. The SMILES string of the molecule is O=[N+]([O-])[O-].[Co+3].[O-]c1ccccc1C=Nc1ccccc1SCc1ccccc1.[O-]c1ccccc1C=Nc1ccccc1SCc1ccccc1. The van der Waals surface area contributed by atoms with Crippen molar-refractivity contribution in [3.63, 3.8) is 0 Å². The molecule has 6 aromatic carbocycles. The molecular formula is C40H32CoN3O5S2. The maximum Gasteiger partial charge on any atom is 3.00 e. The summed E-state index contributed by atoms with van der Waals surface area (Å²) in [4.78, 5) is 19.5. The molecule has 6 rings (SSSR count). The van der Waals surface area contributed by atoms with E-state index in [2.05, 4.69) is 46.4 Å². The van der Waals surface area contributed by atoms with Crippen molar-refractivity contribution in [1.82, 2.24) is 0 Å². The number of hydrogen-bond donors (Lipinski definition) is 0. The van der Waals surface area contributed by atoms with E-state index in [4.69, 9.17) is 15.3 Å². The van der Waals surface area contributed by atoms with Crippen LogP contribution in [0.4, 0.5) is 11.4 Å². The summed E-state index contributed by atoms with van der Waals surface area (Å²) >= 11 is 3.50. The molecule has 0 bridgehead atoms. The van der Waals surface area contributed by atoms with Crippen LogP contribution in [0.15, 0.2) is 178 Å². The fourth-order valence-corrected chi connectivity index (χ4v) is 6.21. The number of para-hydroxylation sites is 4. The van der Waals surface area contributed by atoms with Gasteiger partial charge in [-0.1, -0.05) is 133 Å². The molecule has 0 spiro atoms. The molecule has 0 saturated carbocycles. The Labute approximate surface area is 316 Å². The van der Waals surface area contributed by atoms with Crippen molar-refractivity contribution < 1.29 is 32.1 Å². The van der Waals surface area contributed by atoms with Gasteiger partial charge in [0.25, 0.3) is 0 Å². The van der Waals surface area contributed by atoms with Gasteiger partial charge in [-0.25, -0.2) is 0 Å². The van der Waals surface area contributed by atoms with Crippen LogP contribution in [-0.2, 0) is 28.3 Å². The zero-order valence-corrected chi connectivity index (χ0v) is 29.8. The van der Waals surface area contributed by atoms with E-state index in [0.717, 1.165) is 32.7 Å². The first-order valence-corrected chi connectivity index (χ1v) is 17.3. The Morgan fingerprint density at radius 1 is 0.490 bits per heavy atom. The van der Waals surface area contributed by atoms with E-state index in [1.165, 1.54) is 11.1 Å². The third-order valence-electron chi connectivity index (χ3n) is 6.73. The van der Waals surface area contributed by atoms with Crippen LogP contribution in [0.25, 0.3) is 0 Å². The van der Waals surface area contributed by atoms with Crippen molar-refractivity contribution in [3.8, 4) is 11.5 Å². The number of benzene rings is 6. The predicted molar refractivity (Wildman–Crippen MR) is 202 cm³/mol. The zero-order chi connectivity index (χ0) is 35.4. The first-order chi connectivity index (χ1) is 24.4. The standard InChI is InChI=1S/2C20H17NOS.Co.NO3/c2*22-19-12-6-4-10-17(19)14-21-18-11-5-7-13-20(18)23-15-16-8-2-1-3-9-16;;2-1(3)4/h2*1-14,22H,15H2;;/q;;+3;-1/p-2. The number of rotatable bonds is 10. The van der Waals surface area contributed by atoms with Crippen LogP contribution in [0.2, 0.25) is 0 Å². The predicted octanol–water partition coefficient (Wildman–Crippen LogP) is 9.36. The molecule has 0 aliphatic carbocycles. The minimum atomic E-state index is -1.75. The van der Waals surface area contributed by atoms with Crippen LogP contribution in [0.3, 0.4) is 0 Å². The molecule has 11 heteroatoms. The molecule has 51 heavy (non-hydrogen) atoms. The molecule has 6 aromatic rings. The Morgan fingerprint density at radius 3 is 1.18 bits per heavy atom. The first kappa shape index (κ1) is 40.1. The van der Waals surface area contributed by atoms with Gasteiger partial charge in [-0.05, 0) is 46.5 Å². The number of hydrogen-bond acceptors (Lipinski definition) is 9. The molecule has 0 atom stereocenters. The first-order valence-electron chi connectivity index (χ1n) is 15.3. The minimum Gasteiger partial charge on any atom is -0.872 e. The molecule has 0 fully saturated rings. The summed E-state index contributed by atoms with van der Waals surface area (Å²) in [7, 11) is 0. The number of aliphatic imine (C=N–C) groups is 2. The smallest absolute Gasteiger partial charge is 0.872 e. The van der Waals surface area contributed by atoms with Gasteiger partial charge in [0.2, 0.25) is 0 Å². The van der Waals surface area contributed by atoms with Gasteiger partial charge in [-0.2, -0.15) is 0 Å². The molecule has 0 radical (unpaired) electrons. The van der Waals surface area contributed by atoms with Gasteiger partial charge in [0, 0.05) is 33.7 Å². The normalized spacial score (nSPS) is 10.4. The maximum atomic E-state index is 11.7. The quantitative estimate of drug-likeness (QED) is 0.0588. The van der Waals surface area contributed by atoms with E-state index >= 15 is 0 Å². The Morgan fingerprint density at radius 2 is 0.804 bits per heavy atom. The monoisotopic (exact) mass is 757 g/mol. The third-order valence-corrected chi connectivity index (χ3v) is 9.00. The van der Waals surface area contributed by atoms with Crippen LogP contribution in [0.1, 0.15) is 22.3 Å². The summed E-state index contributed by atoms with van der Waals surface area (Å²) in [6.07, 6.45) is 3.29. The maximum absolute atomic E-state index is 11.7. The minimum absolute atomic E-state index is 0. The molecule has 0 aliphatic rings. The average Bonchev–Trinajstić information content (AvgIpc) is 3.14. The fourth-order valence-electron chi connectivity index (χ4n) is 4.29. The molecule has 0 heterocycles. The second-order valence-corrected chi connectivity index (χ2v) is 12.3. The van der Waals surface area contributed by atoms with E-state index < -0.39 is 5.09 Å². The van der Waals surface area contributed by atoms with E-state index in [1.54, 1.807) is 72.4 Å². The van der Waals surface area contributed by atoms with Crippen LogP contribution in [0.5, 0.6) is 11.5 Å². The summed E-state index contributed by atoms with van der Waals surface area (Å²) in [5.74, 6) is 1.77. The Bertz CT molecular complexity index is 1860. The van der Waals surface area contributed by atoms with Crippen LogP contribution >= 0.6 is 23.5 Å². The molecular weight excluding hydrogens is 726 g/mol. The fraction of sp³-hybridized carbons (Fsp3) is 0.0500. The van der Waals surface area contributed by atoms with Gasteiger partial charge in [0.1, 0.15) is 0 Å². The third kappa shape index (κ3) is 14.6. The average molecular weight is 758 g/mol. The van der Waals surface area contributed by atoms with Crippen LogP contribution in [-0.4, -0.2) is 17.5 Å². The van der Waals surface area contributed by atoms with Crippen molar-refractivity contribution in [3.05, 3.63) is 195 Å². The molecule has 0 unspecified atom stereocenters. The molecule has 0 amide bonds. The molecule has 0 aliphatic heterocycles. The van der Waals surface area contributed by atoms with Gasteiger partial charge in [-0.15, -0.1) is 35.0 Å². The molecule has 8 nitrogen and oxygen atoms in total.